The van der Waals surface area contributed by atoms with Gasteiger partial charge in [0.25, 0.3) is 0 Å². The number of unbranched alkanes of at least 4 members (excludes halogenated alkanes) is 1. The fourth-order valence-electron chi connectivity index (χ4n) is 7.66. The zero-order valence-electron chi connectivity index (χ0n) is 43.1. The maximum atomic E-state index is 11.4. The fraction of sp³-hybridized carbons (Fsp3) is 0.773. The Hall–Kier alpha value is -2.48. The minimum absolute atomic E-state index is 0. The summed E-state index contributed by atoms with van der Waals surface area (Å²) >= 11 is 0. The summed E-state index contributed by atoms with van der Waals surface area (Å²) in [6.07, 6.45) is 7.45. The number of terminal acetylenes is 1. The number of aliphatic hydroxyl groups is 4. The van der Waals surface area contributed by atoms with Crippen molar-refractivity contribution < 1.29 is 177 Å². The number of aliphatic carboxylic acids is 6. The van der Waals surface area contributed by atoms with Gasteiger partial charge in [0.05, 0.1) is 70.3 Å². The van der Waals surface area contributed by atoms with Crippen LogP contribution < -0.4 is 0 Å². The zero-order valence-corrected chi connectivity index (χ0v) is 48.6. The number of aromatic nitrogens is 3. The molecule has 0 aliphatic carbocycles. The molecular formula is C44H78CuGd2N14O16. The average molecular weight is 1440 g/mol. The molecule has 1 aromatic heterocycles. The first kappa shape index (κ1) is 78.7. The van der Waals surface area contributed by atoms with Crippen molar-refractivity contribution in [1.82, 2.24) is 54.2 Å². The third-order valence-corrected chi connectivity index (χ3v) is 11.4. The molecule has 2 aliphatic heterocycles. The molecule has 2 atom stereocenters. The Morgan fingerprint density at radius 1 is 0.545 bits per heavy atom. The van der Waals surface area contributed by atoms with E-state index in [4.69, 9.17) is 27.3 Å². The monoisotopic (exact) mass is 1440 g/mol. The van der Waals surface area contributed by atoms with E-state index in [1.165, 1.54) is 0 Å². The predicted molar refractivity (Wildman–Crippen MR) is 264 cm³/mol. The third-order valence-electron chi connectivity index (χ3n) is 11.4. The maximum absolute atomic E-state index is 11.4. The van der Waals surface area contributed by atoms with Crippen LogP contribution in [-0.2, 0) is 58.8 Å². The largest absolute Gasteiger partial charge is 0.480 e. The summed E-state index contributed by atoms with van der Waals surface area (Å²) in [6.45, 7) is 5.35. The van der Waals surface area contributed by atoms with Crippen LogP contribution in [0.1, 0.15) is 25.0 Å². The van der Waals surface area contributed by atoms with Gasteiger partial charge in [-0.25, -0.2) is 4.68 Å². The van der Waals surface area contributed by atoms with Gasteiger partial charge in [0, 0.05) is 245 Å². The van der Waals surface area contributed by atoms with Crippen LogP contribution in [0.3, 0.4) is 0 Å². The van der Waals surface area contributed by atoms with Crippen molar-refractivity contribution in [3.8, 4) is 12.3 Å². The van der Waals surface area contributed by atoms with Gasteiger partial charge in [-0.05, 0) is 24.8 Å². The number of azide groups is 1. The fourth-order valence-corrected chi connectivity index (χ4v) is 7.66. The molecule has 2 unspecified atom stereocenters. The van der Waals surface area contributed by atoms with E-state index in [0.29, 0.717) is 124 Å². The van der Waals surface area contributed by atoms with Crippen LogP contribution in [0.15, 0.2) is 11.3 Å². The van der Waals surface area contributed by atoms with E-state index in [0.717, 1.165) is 12.1 Å². The van der Waals surface area contributed by atoms with Gasteiger partial charge in [0.2, 0.25) is 0 Å². The smallest absolute Gasteiger partial charge is 0.317 e. The Bertz CT molecular complexity index is 1850. The average Bonchev–Trinajstić information content (AvgIpc) is 3.77. The van der Waals surface area contributed by atoms with Gasteiger partial charge in [-0.1, -0.05) is 10.3 Å². The number of hydrogen-bond acceptors (Lipinski definition) is 21. The SMILES string of the molecule is C#CCCCO.O=C(O)CN1CCN(CC(=O)O)CCN(CC(O)Cn2cc(CCCO)nn2)CCN(CC(=O)O)CC1.[Cu].[Gd].[Gd].[N-]=[N+]=NCC(O)CN1CCN(CC(=O)O)CCN(CC(=O)O)CCN(CC(=O)O)CC1. The van der Waals surface area contributed by atoms with Crippen LogP contribution >= 0.6 is 0 Å². The molecule has 33 heteroatoms. The van der Waals surface area contributed by atoms with Crippen LogP contribution in [0.4, 0.5) is 0 Å². The van der Waals surface area contributed by atoms with E-state index in [2.05, 4.69) is 26.3 Å². The number of aliphatic hydroxyl groups excluding tert-OH is 4. The normalized spacial score (nSPS) is 17.4. The zero-order chi connectivity index (χ0) is 55.3. The van der Waals surface area contributed by atoms with Crippen LogP contribution in [0, 0.1) is 92.2 Å². The summed E-state index contributed by atoms with van der Waals surface area (Å²) in [7, 11) is 0. The number of carboxylic acid groups (broad SMARTS) is 6. The Morgan fingerprint density at radius 3 is 1.10 bits per heavy atom. The summed E-state index contributed by atoms with van der Waals surface area (Å²) in [5.41, 5.74) is 9.13. The number of nitrogens with zero attached hydrogens (tertiary/aromatic N) is 14. The van der Waals surface area contributed by atoms with E-state index in [9.17, 15) is 64.5 Å². The van der Waals surface area contributed by atoms with Crippen molar-refractivity contribution >= 4 is 35.8 Å². The molecule has 30 nitrogen and oxygen atoms in total. The number of carboxylic acids is 6. The maximum Gasteiger partial charge on any atom is 0.317 e. The van der Waals surface area contributed by atoms with Crippen molar-refractivity contribution in [1.29, 1.82) is 0 Å². The first-order valence-electron chi connectivity index (χ1n) is 24.3. The van der Waals surface area contributed by atoms with Gasteiger partial charge in [0.1, 0.15) is 0 Å². The van der Waals surface area contributed by atoms with Gasteiger partial charge in [-0.2, -0.15) is 0 Å². The van der Waals surface area contributed by atoms with Gasteiger partial charge < -0.3 is 51.1 Å². The van der Waals surface area contributed by atoms with Crippen LogP contribution in [0.2, 0.25) is 0 Å². The van der Waals surface area contributed by atoms with Crippen molar-refractivity contribution in [2.24, 2.45) is 5.11 Å². The molecule has 3 heterocycles. The summed E-state index contributed by atoms with van der Waals surface area (Å²) in [4.78, 5) is 84.3. The molecule has 1 radical (unpaired) electrons. The Morgan fingerprint density at radius 2 is 0.844 bits per heavy atom. The molecular weight excluding hydrogens is 1360 g/mol. The Kier molecular flexibility index (Phi) is 49.3. The van der Waals surface area contributed by atoms with E-state index < -0.39 is 48.0 Å². The van der Waals surface area contributed by atoms with Crippen LogP contribution in [0.5, 0.6) is 0 Å². The standard InChI is InChI=1S/C22H39N7O8.C17H31N7O7.C5H8O.Cu.2Gd/c30-11-1-2-18-12-29(24-23-18)14-19(31)13-25-3-5-26(15-20(32)33)7-9-28(17-22(36)37)10-8-27(6-4-25)16-21(34)35;18-20-19-9-14(25)10-21-1-3-22(11-15(26)27)5-7-24(13-17(30)31)8-6-23(4-2-21)12-16(28)29;1-2-3-4-5-6;;;/h12,19,30-31H,1-11,13-17H2,(H,32,33)(H,34,35)(H,36,37);14,25H,1-13H2,(H,26,27)(H,28,29)(H,30,31);1,6H,3-5H2;;;. The number of hydrogen-bond donors (Lipinski definition) is 10. The quantitative estimate of drug-likeness (QED) is 0.0110. The number of aryl methyl sites for hydroxylation is 1. The van der Waals surface area contributed by atoms with Crippen molar-refractivity contribution in [3.63, 3.8) is 0 Å². The second-order valence-electron chi connectivity index (χ2n) is 17.6. The van der Waals surface area contributed by atoms with Crippen molar-refractivity contribution in [3.05, 3.63) is 22.3 Å². The number of rotatable bonds is 25. The molecule has 2 aliphatic rings. The molecule has 1 aromatic rings. The molecule has 10 N–H and O–H groups in total. The second kappa shape index (κ2) is 48.2. The minimum atomic E-state index is -1.01. The van der Waals surface area contributed by atoms with Crippen molar-refractivity contribution in [2.45, 2.75) is 44.4 Å². The van der Waals surface area contributed by atoms with Crippen LogP contribution in [0.25, 0.3) is 10.4 Å². The second-order valence-corrected chi connectivity index (χ2v) is 17.6. The van der Waals surface area contributed by atoms with Crippen LogP contribution in [-0.4, -0.2) is 330 Å². The van der Waals surface area contributed by atoms with Gasteiger partial charge in [-0.3, -0.25) is 68.0 Å². The third kappa shape index (κ3) is 43.0. The van der Waals surface area contributed by atoms with Gasteiger partial charge >= 0.3 is 35.8 Å². The summed E-state index contributed by atoms with van der Waals surface area (Å²) in [5, 5.41) is 105. The molecule has 0 spiro atoms. The molecule has 0 aromatic carbocycles. The van der Waals surface area contributed by atoms with Gasteiger partial charge in [-0.15, -0.1) is 17.4 Å². The summed E-state index contributed by atoms with van der Waals surface area (Å²) in [6, 6.07) is 0. The topological polar surface area (TPSA) is 410 Å². The number of carbonyl (C=O) groups is 6. The molecule has 2 saturated heterocycles. The molecule has 77 heavy (non-hydrogen) atoms. The molecule has 3 rings (SSSR count). The number of β-amino-alcohol motifs (C(OH)–C–C–N with tert-alkyl or cyclic N) is 2. The molecule has 2 fully saturated rings. The van der Waals surface area contributed by atoms with Gasteiger partial charge in [0.15, 0.2) is 0 Å². The molecule has 0 saturated carbocycles. The predicted octanol–water partition coefficient (Wildman–Crippen LogP) is -4.44. The molecule has 0 bridgehead atoms. The van der Waals surface area contributed by atoms with E-state index >= 15 is 0 Å². The molecule has 0 amide bonds. The molecule has 447 valence electrons. The first-order valence-corrected chi connectivity index (χ1v) is 24.3. The summed E-state index contributed by atoms with van der Waals surface area (Å²) < 4.78 is 1.54. The van der Waals surface area contributed by atoms with E-state index in [1.807, 2.05) is 9.80 Å². The Labute approximate surface area is 523 Å². The Balaban J connectivity index is -0.00000125. The van der Waals surface area contributed by atoms with E-state index in [-0.39, 0.29) is 176 Å². The summed E-state index contributed by atoms with van der Waals surface area (Å²) in [5.74, 6) is -3.58. The van der Waals surface area contributed by atoms with Crippen molar-refractivity contribution in [2.75, 3.05) is 177 Å². The minimum Gasteiger partial charge on any atom is -0.480 e. The van der Waals surface area contributed by atoms with E-state index in [1.54, 1.807) is 40.3 Å². The first-order chi connectivity index (χ1) is 35.2.